The van der Waals surface area contributed by atoms with Gasteiger partial charge in [-0.1, -0.05) is 166 Å². The molecule has 0 saturated carbocycles. The van der Waals surface area contributed by atoms with Crippen LogP contribution in [0.4, 0.5) is 17.1 Å². The largest absolute Gasteiger partial charge is 0.455 e. The number of hydrogen-bond donors (Lipinski definition) is 0. The predicted molar refractivity (Wildman–Crippen MR) is 222 cm³/mol. The van der Waals surface area contributed by atoms with Crippen molar-refractivity contribution in [3.8, 4) is 44.5 Å². The van der Waals surface area contributed by atoms with Gasteiger partial charge in [0, 0.05) is 38.7 Å². The summed E-state index contributed by atoms with van der Waals surface area (Å²) in [6.45, 7) is 4.69. The van der Waals surface area contributed by atoms with Gasteiger partial charge < -0.3 is 9.32 Å². The summed E-state index contributed by atoms with van der Waals surface area (Å²) in [5, 5.41) is 2.28. The van der Waals surface area contributed by atoms with Gasteiger partial charge in [0.05, 0.1) is 5.69 Å². The highest BCUT2D eigenvalue weighted by atomic mass is 16.3. The highest BCUT2D eigenvalue weighted by Crippen LogP contribution is 2.54. The second kappa shape index (κ2) is 12.3. The van der Waals surface area contributed by atoms with Crippen LogP contribution in [0.5, 0.6) is 0 Å². The van der Waals surface area contributed by atoms with Crippen LogP contribution in [0.25, 0.3) is 66.4 Å². The van der Waals surface area contributed by atoms with Gasteiger partial charge in [-0.2, -0.15) is 0 Å². The highest BCUT2D eigenvalue weighted by molar-refractivity contribution is 6.09. The molecule has 0 bridgehead atoms. The molecule has 0 radical (unpaired) electrons. The average Bonchev–Trinajstić information content (AvgIpc) is 3.72. The first-order valence-corrected chi connectivity index (χ1v) is 18.3. The molecular weight excluding hydrogens is 643 g/mol. The van der Waals surface area contributed by atoms with Gasteiger partial charge in [-0.15, -0.1) is 0 Å². The molecule has 1 aliphatic carbocycles. The van der Waals surface area contributed by atoms with Crippen molar-refractivity contribution in [1.29, 1.82) is 0 Å². The van der Waals surface area contributed by atoms with Crippen LogP contribution < -0.4 is 4.90 Å². The molecule has 0 unspecified atom stereocenters. The fraction of sp³-hybridized carbons (Fsp3) is 0.0588. The number of nitrogens with zero attached hydrogens (tertiary/aromatic N) is 1. The van der Waals surface area contributed by atoms with Crippen molar-refractivity contribution in [1.82, 2.24) is 0 Å². The van der Waals surface area contributed by atoms with E-state index >= 15 is 0 Å². The lowest BCUT2D eigenvalue weighted by molar-refractivity contribution is 0.660. The van der Waals surface area contributed by atoms with Crippen LogP contribution >= 0.6 is 0 Å². The third kappa shape index (κ3) is 5.10. The maximum Gasteiger partial charge on any atom is 0.143 e. The monoisotopic (exact) mass is 679 g/mol. The summed E-state index contributed by atoms with van der Waals surface area (Å²) < 4.78 is 6.42. The zero-order chi connectivity index (χ0) is 35.5. The van der Waals surface area contributed by atoms with Crippen molar-refractivity contribution in [2.45, 2.75) is 19.3 Å². The maximum atomic E-state index is 6.42. The van der Waals surface area contributed by atoms with Gasteiger partial charge in [0.25, 0.3) is 0 Å². The second-order valence-corrected chi connectivity index (χ2v) is 14.5. The molecule has 0 N–H and O–H groups in total. The SMILES string of the molecule is CC1(C)c2ccccc2-c2c(N(c3ccc(-c4ccc(-c5ccccc5)cc4)cc3)c3ccc(-c4cccc5c4oc4ccccc45)cc3)cccc21. The van der Waals surface area contributed by atoms with Crippen LogP contribution in [0.3, 0.4) is 0 Å². The van der Waals surface area contributed by atoms with Crippen molar-refractivity contribution < 1.29 is 4.42 Å². The Hall–Kier alpha value is -6.64. The molecule has 0 spiro atoms. The minimum atomic E-state index is -0.0987. The van der Waals surface area contributed by atoms with Gasteiger partial charge in [-0.05, 0) is 80.9 Å². The lowest BCUT2D eigenvalue weighted by Gasteiger charge is -2.29. The molecule has 2 heteroatoms. The molecule has 1 aliphatic rings. The predicted octanol–water partition coefficient (Wildman–Crippen LogP) is 14.4. The fourth-order valence-corrected chi connectivity index (χ4v) is 8.40. The standard InChI is InChI=1S/C51H37NO/c1-51(2)45-18-8-6-15-44(45)49-46(51)19-11-20-47(49)52(39-30-26-37(27-31-39)36-24-22-35(23-25-36)34-12-4-3-5-13-34)40-32-28-38(29-33-40)41-16-10-17-43-42-14-7-9-21-48(42)53-50(41)43/h3-33H,1-2H3. The van der Waals surface area contributed by atoms with E-state index in [9.17, 15) is 0 Å². The third-order valence-electron chi connectivity index (χ3n) is 11.1. The van der Waals surface area contributed by atoms with E-state index in [-0.39, 0.29) is 5.41 Å². The third-order valence-corrected chi connectivity index (χ3v) is 11.1. The maximum absolute atomic E-state index is 6.42. The minimum Gasteiger partial charge on any atom is -0.455 e. The summed E-state index contributed by atoms with van der Waals surface area (Å²) in [7, 11) is 0. The second-order valence-electron chi connectivity index (χ2n) is 14.5. The number of rotatable bonds is 6. The van der Waals surface area contributed by atoms with Crippen LogP contribution in [-0.2, 0) is 5.41 Å². The first kappa shape index (κ1) is 31.1. The normalized spacial score (nSPS) is 12.9. The topological polar surface area (TPSA) is 16.4 Å². The molecule has 1 aromatic heterocycles. The Labute approximate surface area is 310 Å². The van der Waals surface area contributed by atoms with Crippen LogP contribution in [-0.4, -0.2) is 0 Å². The van der Waals surface area contributed by atoms with Crippen LogP contribution in [0.1, 0.15) is 25.0 Å². The van der Waals surface area contributed by atoms with E-state index in [0.717, 1.165) is 44.4 Å². The molecule has 0 saturated heterocycles. The van der Waals surface area contributed by atoms with Gasteiger partial charge in [-0.25, -0.2) is 0 Å². The molecule has 0 aliphatic heterocycles. The van der Waals surface area contributed by atoms with Crippen LogP contribution in [0, 0.1) is 0 Å². The van der Waals surface area contributed by atoms with E-state index in [0.29, 0.717) is 0 Å². The van der Waals surface area contributed by atoms with E-state index in [1.54, 1.807) is 0 Å². The molecular formula is C51H37NO. The smallest absolute Gasteiger partial charge is 0.143 e. The van der Waals surface area contributed by atoms with E-state index in [1.165, 1.54) is 50.2 Å². The highest BCUT2D eigenvalue weighted by Gasteiger charge is 2.37. The number of benzene rings is 8. The Kier molecular flexibility index (Phi) is 7.19. The Balaban J connectivity index is 1.08. The number of hydrogen-bond acceptors (Lipinski definition) is 2. The van der Waals surface area contributed by atoms with Crippen LogP contribution in [0.2, 0.25) is 0 Å². The fourth-order valence-electron chi connectivity index (χ4n) is 8.40. The van der Waals surface area contributed by atoms with Crippen molar-refractivity contribution in [3.63, 3.8) is 0 Å². The summed E-state index contributed by atoms with van der Waals surface area (Å²) in [4.78, 5) is 2.42. The number of anilines is 3. The van der Waals surface area contributed by atoms with Crippen molar-refractivity contribution in [3.05, 3.63) is 199 Å². The van der Waals surface area contributed by atoms with E-state index in [2.05, 4.69) is 195 Å². The zero-order valence-electron chi connectivity index (χ0n) is 29.8. The number of fused-ring (bicyclic) bond motifs is 6. The van der Waals surface area contributed by atoms with Gasteiger partial charge in [0.15, 0.2) is 0 Å². The molecule has 0 fully saturated rings. The minimum absolute atomic E-state index is 0.0987. The van der Waals surface area contributed by atoms with Crippen molar-refractivity contribution in [2.24, 2.45) is 0 Å². The first-order chi connectivity index (χ1) is 26.0. The Morgan fingerprint density at radius 3 is 1.62 bits per heavy atom. The molecule has 252 valence electrons. The first-order valence-electron chi connectivity index (χ1n) is 18.3. The molecule has 0 amide bonds. The quantitative estimate of drug-likeness (QED) is 0.174. The number of furan rings is 1. The molecule has 10 rings (SSSR count). The van der Waals surface area contributed by atoms with Gasteiger partial charge in [0.1, 0.15) is 11.2 Å². The zero-order valence-corrected chi connectivity index (χ0v) is 29.8. The van der Waals surface area contributed by atoms with Gasteiger partial charge in [0.2, 0.25) is 0 Å². The average molecular weight is 680 g/mol. The molecule has 2 nitrogen and oxygen atoms in total. The van der Waals surface area contributed by atoms with Crippen molar-refractivity contribution in [2.75, 3.05) is 4.90 Å². The molecule has 9 aromatic rings. The van der Waals surface area contributed by atoms with E-state index in [1.807, 2.05) is 12.1 Å². The Morgan fingerprint density at radius 2 is 0.906 bits per heavy atom. The molecule has 0 atom stereocenters. The number of para-hydroxylation sites is 2. The Morgan fingerprint density at radius 1 is 0.396 bits per heavy atom. The van der Waals surface area contributed by atoms with Crippen LogP contribution in [0.15, 0.2) is 192 Å². The van der Waals surface area contributed by atoms with Gasteiger partial charge in [-0.3, -0.25) is 0 Å². The Bertz CT molecular complexity index is 2770. The summed E-state index contributed by atoms with van der Waals surface area (Å²) in [5.74, 6) is 0. The lowest BCUT2D eigenvalue weighted by atomic mass is 9.82. The van der Waals surface area contributed by atoms with E-state index in [4.69, 9.17) is 4.42 Å². The van der Waals surface area contributed by atoms with Gasteiger partial charge >= 0.3 is 0 Å². The summed E-state index contributed by atoms with van der Waals surface area (Å²) in [5.41, 5.74) is 17.5. The summed E-state index contributed by atoms with van der Waals surface area (Å²) >= 11 is 0. The lowest BCUT2D eigenvalue weighted by Crippen LogP contribution is -2.16. The summed E-state index contributed by atoms with van der Waals surface area (Å²) in [6.07, 6.45) is 0. The van der Waals surface area contributed by atoms with E-state index < -0.39 is 0 Å². The molecule has 53 heavy (non-hydrogen) atoms. The summed E-state index contributed by atoms with van der Waals surface area (Å²) in [6, 6.07) is 67.8. The molecule has 1 heterocycles. The molecule has 8 aromatic carbocycles. The van der Waals surface area contributed by atoms with Crippen molar-refractivity contribution >= 4 is 39.0 Å².